The highest BCUT2D eigenvalue weighted by Crippen LogP contribution is 2.30. The van der Waals surface area contributed by atoms with E-state index in [0.29, 0.717) is 6.04 Å². The highest BCUT2D eigenvalue weighted by atomic mass is 32.1. The Labute approximate surface area is 112 Å². The van der Waals surface area contributed by atoms with E-state index in [0.717, 1.165) is 13.1 Å². The molecule has 0 saturated carbocycles. The van der Waals surface area contributed by atoms with E-state index in [1.165, 1.54) is 35.3 Å². The first kappa shape index (κ1) is 11.9. The quantitative estimate of drug-likeness (QED) is 0.917. The van der Waals surface area contributed by atoms with Crippen molar-refractivity contribution in [2.24, 2.45) is 0 Å². The van der Waals surface area contributed by atoms with Crippen LogP contribution in [0.25, 0.3) is 0 Å². The summed E-state index contributed by atoms with van der Waals surface area (Å²) in [6.45, 7) is 4.18. The zero-order valence-electron chi connectivity index (χ0n) is 10.7. The van der Waals surface area contributed by atoms with Gasteiger partial charge < -0.3 is 9.88 Å². The zero-order valence-corrected chi connectivity index (χ0v) is 11.5. The molecule has 0 spiro atoms. The Hall–Kier alpha value is -1.13. The van der Waals surface area contributed by atoms with Crippen molar-refractivity contribution in [3.8, 4) is 0 Å². The van der Waals surface area contributed by atoms with Gasteiger partial charge in [0.25, 0.3) is 0 Å². The number of rotatable bonds is 4. The molecule has 3 nitrogen and oxygen atoms in total. The minimum atomic E-state index is 0.557. The fourth-order valence-electron chi connectivity index (χ4n) is 2.80. The monoisotopic (exact) mass is 261 g/mol. The van der Waals surface area contributed by atoms with E-state index in [1.54, 1.807) is 11.3 Å². The van der Waals surface area contributed by atoms with E-state index < -0.39 is 0 Å². The van der Waals surface area contributed by atoms with Crippen molar-refractivity contribution in [2.45, 2.75) is 38.8 Å². The molecule has 1 unspecified atom stereocenters. The highest BCUT2D eigenvalue weighted by molar-refractivity contribution is 7.09. The topological polar surface area (TPSA) is 29.9 Å². The summed E-state index contributed by atoms with van der Waals surface area (Å²) < 4.78 is 2.31. The number of fused-ring (bicyclic) bond motifs is 1. The number of hydrogen-bond donors (Lipinski definition) is 1. The van der Waals surface area contributed by atoms with Gasteiger partial charge in [0.1, 0.15) is 0 Å². The minimum absolute atomic E-state index is 0.557. The third kappa shape index (κ3) is 2.35. The first-order valence-electron chi connectivity index (χ1n) is 6.66. The molecule has 4 heteroatoms. The fourth-order valence-corrected chi connectivity index (χ4v) is 3.40. The van der Waals surface area contributed by atoms with E-state index in [2.05, 4.69) is 34.2 Å². The Bertz CT molecular complexity index is 501. The molecule has 2 aromatic rings. The predicted octanol–water partition coefficient (Wildman–Crippen LogP) is 2.98. The summed E-state index contributed by atoms with van der Waals surface area (Å²) in [4.78, 5) is 5.46. The van der Waals surface area contributed by atoms with Crippen molar-refractivity contribution in [3.63, 3.8) is 0 Å². The Kier molecular flexibility index (Phi) is 3.48. The third-order valence-corrected chi connectivity index (χ3v) is 4.35. The molecule has 3 rings (SSSR count). The summed E-state index contributed by atoms with van der Waals surface area (Å²) in [6.07, 6.45) is 10.4. The average Bonchev–Trinajstić information content (AvgIpc) is 2.99. The van der Waals surface area contributed by atoms with E-state index in [9.17, 15) is 0 Å². The molecular formula is C14H19N3S. The van der Waals surface area contributed by atoms with Gasteiger partial charge in [-0.2, -0.15) is 0 Å². The van der Waals surface area contributed by atoms with E-state index in [-0.39, 0.29) is 0 Å². The molecule has 1 atom stereocenters. The molecule has 0 bridgehead atoms. The van der Waals surface area contributed by atoms with Crippen molar-refractivity contribution < 1.29 is 0 Å². The van der Waals surface area contributed by atoms with Crippen LogP contribution in [-0.4, -0.2) is 16.1 Å². The SMILES string of the molecule is CCNC1CCCc2cn(Cc3cncs3)cc21. The normalized spacial score (nSPS) is 18.8. The predicted molar refractivity (Wildman–Crippen MR) is 75.0 cm³/mol. The lowest BCUT2D eigenvalue weighted by Crippen LogP contribution is -2.23. The first-order valence-corrected chi connectivity index (χ1v) is 7.54. The molecule has 0 radical (unpaired) electrons. The van der Waals surface area contributed by atoms with Gasteiger partial charge in [0, 0.05) is 29.5 Å². The maximum atomic E-state index is 4.14. The lowest BCUT2D eigenvalue weighted by atomic mass is 9.91. The standard InChI is InChI=1S/C14H19N3S/c1-2-16-14-5-3-4-11-7-17(9-13(11)14)8-12-6-15-10-18-12/h6-7,9-10,14,16H,2-5,8H2,1H3. The molecule has 18 heavy (non-hydrogen) atoms. The average molecular weight is 261 g/mol. The summed E-state index contributed by atoms with van der Waals surface area (Å²) in [5.41, 5.74) is 4.93. The van der Waals surface area contributed by atoms with Crippen LogP contribution in [0.2, 0.25) is 0 Å². The van der Waals surface area contributed by atoms with E-state index in [4.69, 9.17) is 0 Å². The molecule has 0 amide bonds. The number of nitrogens with one attached hydrogen (secondary N) is 1. The molecule has 1 aliphatic carbocycles. The van der Waals surface area contributed by atoms with Crippen LogP contribution in [0.1, 0.15) is 41.8 Å². The van der Waals surface area contributed by atoms with Gasteiger partial charge in [-0.1, -0.05) is 6.92 Å². The van der Waals surface area contributed by atoms with Crippen LogP contribution in [0.4, 0.5) is 0 Å². The van der Waals surface area contributed by atoms with Crippen LogP contribution in [0.5, 0.6) is 0 Å². The molecule has 0 aliphatic heterocycles. The second kappa shape index (κ2) is 5.24. The van der Waals surface area contributed by atoms with Gasteiger partial charge in [-0.05, 0) is 36.9 Å². The lowest BCUT2D eigenvalue weighted by Gasteiger charge is -2.22. The van der Waals surface area contributed by atoms with Gasteiger partial charge in [-0.3, -0.25) is 4.98 Å². The third-order valence-electron chi connectivity index (χ3n) is 3.58. The first-order chi connectivity index (χ1) is 8.86. The second-order valence-corrected chi connectivity index (χ2v) is 5.85. The Morgan fingerprint density at radius 1 is 1.50 bits per heavy atom. The fraction of sp³-hybridized carbons (Fsp3) is 0.500. The van der Waals surface area contributed by atoms with Gasteiger partial charge in [0.05, 0.1) is 12.1 Å². The molecule has 1 aliphatic rings. The molecule has 0 fully saturated rings. The minimum Gasteiger partial charge on any atom is -0.348 e. The maximum Gasteiger partial charge on any atom is 0.0794 e. The van der Waals surface area contributed by atoms with Crippen molar-refractivity contribution in [1.29, 1.82) is 0 Å². The van der Waals surface area contributed by atoms with Gasteiger partial charge in [0.2, 0.25) is 0 Å². The smallest absolute Gasteiger partial charge is 0.0794 e. The lowest BCUT2D eigenvalue weighted by molar-refractivity contribution is 0.473. The van der Waals surface area contributed by atoms with E-state index in [1.807, 2.05) is 11.7 Å². The van der Waals surface area contributed by atoms with Gasteiger partial charge in [-0.25, -0.2) is 0 Å². The number of aromatic nitrogens is 2. The Morgan fingerprint density at radius 2 is 2.44 bits per heavy atom. The van der Waals surface area contributed by atoms with Crippen molar-refractivity contribution in [3.05, 3.63) is 40.1 Å². The molecule has 0 saturated heterocycles. The summed E-state index contributed by atoms with van der Waals surface area (Å²) >= 11 is 1.73. The van der Waals surface area contributed by atoms with Crippen molar-refractivity contribution in [2.75, 3.05) is 6.54 Å². The zero-order chi connectivity index (χ0) is 12.4. The Morgan fingerprint density at radius 3 is 3.22 bits per heavy atom. The van der Waals surface area contributed by atoms with Gasteiger partial charge in [0.15, 0.2) is 0 Å². The molecule has 2 heterocycles. The van der Waals surface area contributed by atoms with Gasteiger partial charge >= 0.3 is 0 Å². The summed E-state index contributed by atoms with van der Waals surface area (Å²) in [5.74, 6) is 0. The molecular weight excluding hydrogens is 242 g/mol. The maximum absolute atomic E-state index is 4.14. The van der Waals surface area contributed by atoms with Crippen LogP contribution in [0, 0.1) is 0 Å². The number of hydrogen-bond acceptors (Lipinski definition) is 3. The Balaban J connectivity index is 1.82. The second-order valence-electron chi connectivity index (χ2n) is 4.88. The van der Waals surface area contributed by atoms with Crippen LogP contribution < -0.4 is 5.32 Å². The molecule has 2 aromatic heterocycles. The van der Waals surface area contributed by atoms with Crippen LogP contribution in [0.15, 0.2) is 24.1 Å². The number of aryl methyl sites for hydroxylation is 1. The van der Waals surface area contributed by atoms with Gasteiger partial charge in [-0.15, -0.1) is 11.3 Å². The van der Waals surface area contributed by atoms with Crippen LogP contribution in [0.3, 0.4) is 0 Å². The number of thiazole rings is 1. The summed E-state index contributed by atoms with van der Waals surface area (Å²) in [5, 5.41) is 3.59. The molecule has 96 valence electrons. The van der Waals surface area contributed by atoms with Crippen molar-refractivity contribution >= 4 is 11.3 Å². The summed E-state index contributed by atoms with van der Waals surface area (Å²) in [7, 11) is 0. The molecule has 0 aromatic carbocycles. The molecule has 1 N–H and O–H groups in total. The summed E-state index contributed by atoms with van der Waals surface area (Å²) in [6, 6.07) is 0.557. The largest absolute Gasteiger partial charge is 0.348 e. The number of nitrogens with zero attached hydrogens (tertiary/aromatic N) is 2. The van der Waals surface area contributed by atoms with Crippen molar-refractivity contribution in [1.82, 2.24) is 14.9 Å². The van der Waals surface area contributed by atoms with Crippen LogP contribution in [-0.2, 0) is 13.0 Å². The van der Waals surface area contributed by atoms with Crippen LogP contribution >= 0.6 is 11.3 Å². The van der Waals surface area contributed by atoms with E-state index >= 15 is 0 Å². The highest BCUT2D eigenvalue weighted by Gasteiger charge is 2.21.